The zero-order valence-corrected chi connectivity index (χ0v) is 14.0. The van der Waals surface area contributed by atoms with Gasteiger partial charge in [0.1, 0.15) is 5.52 Å². The lowest BCUT2D eigenvalue weighted by molar-refractivity contribution is 0.770. The Hall–Kier alpha value is -3.12. The average Bonchev–Trinajstić information content (AvgIpc) is 2.94. The third kappa shape index (κ3) is 2.66. The molecule has 0 aliphatic rings. The number of hydrogen-bond acceptors (Lipinski definition) is 3. The van der Waals surface area contributed by atoms with Gasteiger partial charge in [0, 0.05) is 15.9 Å². The number of hydrogen-bond donors (Lipinski definition) is 2. The molecule has 25 heavy (non-hydrogen) atoms. The van der Waals surface area contributed by atoms with Crippen LogP contribution in [0.4, 0.5) is 0 Å². The number of benzene rings is 2. The lowest BCUT2D eigenvalue weighted by Gasteiger charge is -1.98. The second-order valence-corrected chi connectivity index (χ2v) is 6.20. The maximum absolute atomic E-state index is 12.7. The third-order valence-electron chi connectivity index (χ3n) is 3.98. The number of aromatic amines is 2. The zero-order chi connectivity index (χ0) is 17.6. The van der Waals surface area contributed by atoms with Crippen LogP contribution in [0, 0.1) is 6.92 Å². The summed E-state index contributed by atoms with van der Waals surface area (Å²) in [5, 5.41) is 5.42. The van der Waals surface area contributed by atoms with Gasteiger partial charge < -0.3 is 9.97 Å². The van der Waals surface area contributed by atoms with Crippen LogP contribution in [0.15, 0.2) is 57.2 Å². The maximum Gasteiger partial charge on any atom is 0.350 e. The van der Waals surface area contributed by atoms with Gasteiger partial charge in [-0.05, 0) is 36.8 Å². The minimum Gasteiger partial charge on any atom is -0.349 e. The summed E-state index contributed by atoms with van der Waals surface area (Å²) in [7, 11) is 0. The van der Waals surface area contributed by atoms with Crippen molar-refractivity contribution in [1.29, 1.82) is 0 Å². The quantitative estimate of drug-likeness (QED) is 0.543. The van der Waals surface area contributed by atoms with Gasteiger partial charge in [0.25, 0.3) is 0 Å². The van der Waals surface area contributed by atoms with Gasteiger partial charge in [0.15, 0.2) is 0 Å². The molecule has 0 fully saturated rings. The molecule has 4 aromatic rings. The molecule has 124 valence electrons. The Morgan fingerprint density at radius 3 is 2.56 bits per heavy atom. The fourth-order valence-corrected chi connectivity index (χ4v) is 2.86. The van der Waals surface area contributed by atoms with E-state index in [4.69, 9.17) is 11.6 Å². The van der Waals surface area contributed by atoms with Crippen molar-refractivity contribution in [3.8, 4) is 0 Å². The van der Waals surface area contributed by atoms with Crippen molar-refractivity contribution in [3.05, 3.63) is 79.5 Å². The Kier molecular flexibility index (Phi) is 3.54. The summed E-state index contributed by atoms with van der Waals surface area (Å²) in [6.45, 7) is 1.95. The highest BCUT2D eigenvalue weighted by atomic mass is 35.5. The average molecular weight is 353 g/mol. The molecule has 0 amide bonds. The maximum atomic E-state index is 12.7. The summed E-state index contributed by atoms with van der Waals surface area (Å²) in [5.74, 6) is 0. The van der Waals surface area contributed by atoms with Gasteiger partial charge in [-0.3, -0.25) is 4.79 Å². The molecule has 6 nitrogen and oxygen atoms in total. The van der Waals surface area contributed by atoms with Crippen LogP contribution in [-0.2, 0) is 0 Å². The van der Waals surface area contributed by atoms with Crippen LogP contribution in [0.1, 0.15) is 11.1 Å². The fourth-order valence-electron chi connectivity index (χ4n) is 2.73. The lowest BCUT2D eigenvalue weighted by Crippen LogP contribution is -2.32. The second kappa shape index (κ2) is 5.75. The first kappa shape index (κ1) is 15.4. The van der Waals surface area contributed by atoms with E-state index in [0.29, 0.717) is 16.1 Å². The molecule has 0 saturated heterocycles. The molecule has 0 aliphatic heterocycles. The van der Waals surface area contributed by atoms with Crippen molar-refractivity contribution in [2.24, 2.45) is 5.10 Å². The van der Waals surface area contributed by atoms with Crippen molar-refractivity contribution in [3.63, 3.8) is 0 Å². The van der Waals surface area contributed by atoms with Crippen molar-refractivity contribution < 1.29 is 0 Å². The fraction of sp³-hybridized carbons (Fsp3) is 0.0556. The Morgan fingerprint density at radius 2 is 1.80 bits per heavy atom. The van der Waals surface area contributed by atoms with E-state index in [0.717, 1.165) is 26.7 Å². The first-order chi connectivity index (χ1) is 12.0. The highest BCUT2D eigenvalue weighted by molar-refractivity contribution is 6.30. The summed E-state index contributed by atoms with van der Waals surface area (Å²) >= 11 is 5.84. The molecule has 2 aromatic carbocycles. The largest absolute Gasteiger partial charge is 0.350 e. The monoisotopic (exact) mass is 352 g/mol. The van der Waals surface area contributed by atoms with Crippen LogP contribution in [0.2, 0.25) is 5.02 Å². The van der Waals surface area contributed by atoms with Crippen molar-refractivity contribution in [2.45, 2.75) is 6.92 Å². The summed E-state index contributed by atoms with van der Waals surface area (Å²) in [5.41, 5.74) is 2.26. The predicted molar refractivity (Wildman–Crippen MR) is 99.9 cm³/mol. The van der Waals surface area contributed by atoms with Gasteiger partial charge in [0.2, 0.25) is 0 Å². The van der Waals surface area contributed by atoms with E-state index in [-0.39, 0.29) is 0 Å². The molecule has 2 heterocycles. The highest BCUT2D eigenvalue weighted by Gasteiger charge is 2.12. The molecule has 0 atom stereocenters. The van der Waals surface area contributed by atoms with Crippen LogP contribution in [-0.4, -0.2) is 20.9 Å². The summed E-state index contributed by atoms with van der Waals surface area (Å²) < 4.78 is 0.805. The molecular weight excluding hydrogens is 340 g/mol. The van der Waals surface area contributed by atoms with Crippen LogP contribution in [0.3, 0.4) is 0 Å². The minimum atomic E-state index is -0.592. The Morgan fingerprint density at radius 1 is 1.04 bits per heavy atom. The molecule has 2 N–H and O–H groups in total. The Balaban J connectivity index is 1.90. The summed E-state index contributed by atoms with van der Waals surface area (Å²) in [6, 6.07) is 12.6. The van der Waals surface area contributed by atoms with Crippen LogP contribution in [0.5, 0.6) is 0 Å². The van der Waals surface area contributed by atoms with Gasteiger partial charge in [-0.1, -0.05) is 35.4 Å². The number of halogens is 1. The van der Waals surface area contributed by atoms with Crippen molar-refractivity contribution >= 4 is 39.8 Å². The van der Waals surface area contributed by atoms with Gasteiger partial charge in [-0.15, -0.1) is 4.68 Å². The number of nitrogens with one attached hydrogen (secondary N) is 2. The van der Waals surface area contributed by atoms with E-state index >= 15 is 0 Å². The number of fused-ring (bicyclic) bond motifs is 3. The number of rotatable bonds is 2. The number of aryl methyl sites for hydroxylation is 1. The van der Waals surface area contributed by atoms with E-state index < -0.39 is 11.2 Å². The van der Waals surface area contributed by atoms with E-state index in [1.165, 1.54) is 6.21 Å². The van der Waals surface area contributed by atoms with Crippen molar-refractivity contribution in [2.75, 3.05) is 0 Å². The lowest BCUT2D eigenvalue weighted by atomic mass is 10.2. The molecule has 0 radical (unpaired) electrons. The van der Waals surface area contributed by atoms with Gasteiger partial charge in [-0.2, -0.15) is 5.10 Å². The van der Waals surface area contributed by atoms with Gasteiger partial charge >= 0.3 is 11.2 Å². The predicted octanol–water partition coefficient (Wildman–Crippen LogP) is 3.02. The molecular formula is C18H13ClN4O2. The van der Waals surface area contributed by atoms with Crippen LogP contribution >= 0.6 is 11.6 Å². The molecule has 0 unspecified atom stereocenters. The normalized spacial score (nSPS) is 11.8. The van der Waals surface area contributed by atoms with Gasteiger partial charge in [0.05, 0.1) is 11.7 Å². The van der Waals surface area contributed by atoms with E-state index in [1.54, 1.807) is 24.3 Å². The van der Waals surface area contributed by atoms with E-state index in [9.17, 15) is 9.59 Å². The second-order valence-electron chi connectivity index (χ2n) is 5.77. The highest BCUT2D eigenvalue weighted by Crippen LogP contribution is 2.21. The molecule has 0 aliphatic carbocycles. The van der Waals surface area contributed by atoms with Crippen LogP contribution < -0.4 is 11.2 Å². The minimum absolute atomic E-state index is 0.313. The van der Waals surface area contributed by atoms with Crippen LogP contribution in [0.25, 0.3) is 21.9 Å². The van der Waals surface area contributed by atoms with E-state index in [2.05, 4.69) is 15.1 Å². The van der Waals surface area contributed by atoms with Gasteiger partial charge in [-0.25, -0.2) is 4.79 Å². The molecule has 2 aromatic heterocycles. The summed E-state index contributed by atoms with van der Waals surface area (Å²) in [4.78, 5) is 30.8. The smallest absolute Gasteiger partial charge is 0.349 e. The number of aromatic nitrogens is 3. The third-order valence-corrected chi connectivity index (χ3v) is 4.23. The number of H-pyrrole nitrogens is 2. The topological polar surface area (TPSA) is 83.0 Å². The molecule has 0 bridgehead atoms. The first-order valence-electron chi connectivity index (χ1n) is 7.60. The Labute approximate surface area is 146 Å². The van der Waals surface area contributed by atoms with E-state index in [1.807, 2.05) is 25.1 Å². The summed E-state index contributed by atoms with van der Waals surface area (Å²) in [6.07, 6.45) is 1.44. The molecule has 4 rings (SSSR count). The zero-order valence-electron chi connectivity index (χ0n) is 13.2. The van der Waals surface area contributed by atoms with Crippen molar-refractivity contribution in [1.82, 2.24) is 14.6 Å². The Bertz CT molecular complexity index is 1250. The molecule has 0 spiro atoms. The molecule has 0 saturated carbocycles. The standard InChI is InChI=1S/C18H13ClN4O2/c1-10-2-7-14-13(8-10)15-16(21-14)17(24)23(18(25)22-15)20-9-11-3-5-12(19)6-4-11/h2-9,21H,1H3,(H,22,25). The first-order valence-corrected chi connectivity index (χ1v) is 7.98. The molecule has 7 heteroatoms. The SMILES string of the molecule is Cc1ccc2[nH]c3c(=O)n(N=Cc4ccc(Cl)cc4)c(=O)[nH]c3c2c1. The number of nitrogens with zero attached hydrogens (tertiary/aromatic N) is 2.